The van der Waals surface area contributed by atoms with Crippen molar-refractivity contribution in [1.29, 1.82) is 0 Å². The molecule has 0 aromatic carbocycles. The van der Waals surface area contributed by atoms with Crippen LogP contribution in [0, 0.1) is 5.92 Å². The Morgan fingerprint density at radius 2 is 1.80 bits per heavy atom. The molecule has 1 heterocycles. The lowest BCUT2D eigenvalue weighted by Crippen LogP contribution is -2.37. The van der Waals surface area contributed by atoms with E-state index in [1.165, 1.54) is 32.1 Å². The molecule has 0 aromatic heterocycles. The predicted octanol–water partition coefficient (Wildman–Crippen LogP) is 5.47. The molecule has 0 spiro atoms. The lowest BCUT2D eigenvalue weighted by molar-refractivity contribution is -0.235. The van der Waals surface area contributed by atoms with E-state index in [0.29, 0.717) is 18.1 Å². The molecule has 118 valence electrons. The average Bonchev–Trinajstić information content (AvgIpc) is 2.36. The summed E-state index contributed by atoms with van der Waals surface area (Å²) in [4.78, 5) is 0. The zero-order valence-corrected chi connectivity index (χ0v) is 13.9. The van der Waals surface area contributed by atoms with Gasteiger partial charge in [-0.3, -0.25) is 0 Å². The Labute approximate surface area is 125 Å². The van der Waals surface area contributed by atoms with Crippen LogP contribution in [0.25, 0.3) is 0 Å². The summed E-state index contributed by atoms with van der Waals surface area (Å²) < 4.78 is 11.7. The summed E-state index contributed by atoms with van der Waals surface area (Å²) in [5.41, 5.74) is 0. The molecule has 1 saturated heterocycles. The number of unbranched alkanes of at least 4 members (excludes halogenated alkanes) is 4. The van der Waals surface area contributed by atoms with E-state index in [1.54, 1.807) is 0 Å². The first-order valence-electron chi connectivity index (χ1n) is 8.57. The summed E-state index contributed by atoms with van der Waals surface area (Å²) in [6, 6.07) is 0. The number of rotatable bonds is 9. The second-order valence-corrected chi connectivity index (χ2v) is 6.51. The maximum absolute atomic E-state index is 5.87. The van der Waals surface area contributed by atoms with Gasteiger partial charge in [0.05, 0.1) is 12.2 Å². The summed E-state index contributed by atoms with van der Waals surface area (Å²) in [6.07, 6.45) is 15.1. The molecule has 1 fully saturated rings. The standard InChI is InChI=1S/C18H34O2/c1-5-6-7-8-9-10-11-12-17-14-18(13-15(2)3)20-16(4)19-17/h10-11,15-18H,5-9,12-14H2,1-4H3/b11-10+/t16-,17-,18+/m0/s1. The monoisotopic (exact) mass is 282 g/mol. The molecule has 2 heteroatoms. The first-order valence-corrected chi connectivity index (χ1v) is 8.57. The van der Waals surface area contributed by atoms with Crippen molar-refractivity contribution in [3.8, 4) is 0 Å². The van der Waals surface area contributed by atoms with Crippen LogP contribution in [0.4, 0.5) is 0 Å². The van der Waals surface area contributed by atoms with Crippen molar-refractivity contribution >= 4 is 0 Å². The summed E-state index contributed by atoms with van der Waals surface area (Å²) in [5.74, 6) is 0.694. The molecule has 0 unspecified atom stereocenters. The van der Waals surface area contributed by atoms with E-state index >= 15 is 0 Å². The number of allylic oxidation sites excluding steroid dienone is 1. The van der Waals surface area contributed by atoms with Crippen LogP contribution in [-0.4, -0.2) is 18.5 Å². The van der Waals surface area contributed by atoms with Gasteiger partial charge in [-0.25, -0.2) is 0 Å². The Balaban J connectivity index is 2.19. The summed E-state index contributed by atoms with van der Waals surface area (Å²) in [6.45, 7) is 8.80. The SMILES string of the molecule is CCCCCC/C=C/C[C@H]1C[C@@H](CC(C)C)O[C@@H](C)O1. The number of hydrogen-bond acceptors (Lipinski definition) is 2. The largest absolute Gasteiger partial charge is 0.350 e. The summed E-state index contributed by atoms with van der Waals surface area (Å²) in [7, 11) is 0. The molecule has 0 amide bonds. The summed E-state index contributed by atoms with van der Waals surface area (Å²) in [5, 5.41) is 0. The normalized spacial score (nSPS) is 27.6. The fraction of sp³-hybridized carbons (Fsp3) is 0.889. The highest BCUT2D eigenvalue weighted by Gasteiger charge is 2.27. The van der Waals surface area contributed by atoms with Crippen molar-refractivity contribution in [3.05, 3.63) is 12.2 Å². The third kappa shape index (κ3) is 8.06. The zero-order chi connectivity index (χ0) is 14.8. The average molecular weight is 282 g/mol. The Kier molecular flexibility index (Phi) is 9.21. The Hall–Kier alpha value is -0.340. The Morgan fingerprint density at radius 1 is 1.05 bits per heavy atom. The van der Waals surface area contributed by atoms with Crippen molar-refractivity contribution in [2.45, 2.75) is 97.6 Å². The fourth-order valence-electron chi connectivity index (χ4n) is 2.86. The third-order valence-electron chi connectivity index (χ3n) is 3.82. The molecule has 0 saturated carbocycles. The van der Waals surface area contributed by atoms with Gasteiger partial charge < -0.3 is 9.47 Å². The van der Waals surface area contributed by atoms with Gasteiger partial charge in [-0.2, -0.15) is 0 Å². The topological polar surface area (TPSA) is 18.5 Å². The van der Waals surface area contributed by atoms with Crippen LogP contribution >= 0.6 is 0 Å². The second-order valence-electron chi connectivity index (χ2n) is 6.51. The lowest BCUT2D eigenvalue weighted by Gasteiger charge is -2.34. The first-order chi connectivity index (χ1) is 9.61. The van der Waals surface area contributed by atoms with Crippen LogP contribution in [0.1, 0.15) is 79.1 Å². The van der Waals surface area contributed by atoms with Crippen LogP contribution in [0.3, 0.4) is 0 Å². The minimum Gasteiger partial charge on any atom is -0.350 e. The third-order valence-corrected chi connectivity index (χ3v) is 3.82. The van der Waals surface area contributed by atoms with E-state index < -0.39 is 0 Å². The van der Waals surface area contributed by atoms with Crippen molar-refractivity contribution in [1.82, 2.24) is 0 Å². The van der Waals surface area contributed by atoms with Crippen molar-refractivity contribution < 1.29 is 9.47 Å². The molecule has 0 bridgehead atoms. The fourth-order valence-corrected chi connectivity index (χ4v) is 2.86. The zero-order valence-electron chi connectivity index (χ0n) is 13.9. The molecule has 1 rings (SSSR count). The molecule has 0 N–H and O–H groups in total. The number of ether oxygens (including phenoxy) is 2. The van der Waals surface area contributed by atoms with Crippen molar-refractivity contribution in [3.63, 3.8) is 0 Å². The smallest absolute Gasteiger partial charge is 0.155 e. The van der Waals surface area contributed by atoms with Gasteiger partial charge in [0.1, 0.15) is 0 Å². The van der Waals surface area contributed by atoms with Gasteiger partial charge >= 0.3 is 0 Å². The minimum absolute atomic E-state index is 0.0459. The van der Waals surface area contributed by atoms with Gasteiger partial charge in [-0.1, -0.05) is 52.2 Å². The molecule has 2 nitrogen and oxygen atoms in total. The quantitative estimate of drug-likeness (QED) is 0.412. The van der Waals surface area contributed by atoms with Gasteiger partial charge in [-0.15, -0.1) is 0 Å². The second kappa shape index (κ2) is 10.4. The van der Waals surface area contributed by atoms with E-state index in [-0.39, 0.29) is 6.29 Å². The molecule has 3 atom stereocenters. The van der Waals surface area contributed by atoms with Crippen LogP contribution in [-0.2, 0) is 9.47 Å². The van der Waals surface area contributed by atoms with Crippen molar-refractivity contribution in [2.75, 3.05) is 0 Å². The summed E-state index contributed by atoms with van der Waals surface area (Å²) >= 11 is 0. The highest BCUT2D eigenvalue weighted by molar-refractivity contribution is 4.86. The van der Waals surface area contributed by atoms with Crippen LogP contribution < -0.4 is 0 Å². The molecule has 0 radical (unpaired) electrons. The molecule has 1 aliphatic heterocycles. The van der Waals surface area contributed by atoms with E-state index in [1.807, 2.05) is 6.92 Å². The van der Waals surface area contributed by atoms with E-state index in [0.717, 1.165) is 19.3 Å². The lowest BCUT2D eigenvalue weighted by atomic mass is 9.98. The molecule has 20 heavy (non-hydrogen) atoms. The maximum atomic E-state index is 5.87. The van der Waals surface area contributed by atoms with Gasteiger partial charge in [0.15, 0.2) is 6.29 Å². The van der Waals surface area contributed by atoms with E-state index in [9.17, 15) is 0 Å². The molecule has 1 aliphatic rings. The van der Waals surface area contributed by atoms with Crippen LogP contribution in [0.5, 0.6) is 0 Å². The number of hydrogen-bond donors (Lipinski definition) is 0. The highest BCUT2D eigenvalue weighted by Crippen LogP contribution is 2.25. The van der Waals surface area contributed by atoms with Gasteiger partial charge in [-0.05, 0) is 38.5 Å². The van der Waals surface area contributed by atoms with Gasteiger partial charge in [0.25, 0.3) is 0 Å². The molecular weight excluding hydrogens is 248 g/mol. The van der Waals surface area contributed by atoms with E-state index in [4.69, 9.17) is 9.47 Å². The Bertz CT molecular complexity index is 258. The molecule has 0 aliphatic carbocycles. The predicted molar refractivity (Wildman–Crippen MR) is 85.8 cm³/mol. The van der Waals surface area contributed by atoms with Crippen LogP contribution in [0.15, 0.2) is 12.2 Å². The van der Waals surface area contributed by atoms with Crippen molar-refractivity contribution in [2.24, 2.45) is 5.92 Å². The van der Waals surface area contributed by atoms with Crippen LogP contribution in [0.2, 0.25) is 0 Å². The molecular formula is C18H34O2. The van der Waals surface area contributed by atoms with Gasteiger partial charge in [0, 0.05) is 6.42 Å². The maximum Gasteiger partial charge on any atom is 0.155 e. The van der Waals surface area contributed by atoms with E-state index in [2.05, 4.69) is 32.9 Å². The Morgan fingerprint density at radius 3 is 2.50 bits per heavy atom. The van der Waals surface area contributed by atoms with Gasteiger partial charge in [0.2, 0.25) is 0 Å². The molecule has 0 aromatic rings. The minimum atomic E-state index is -0.0459. The highest BCUT2D eigenvalue weighted by atomic mass is 16.7. The first kappa shape index (κ1) is 17.7.